The van der Waals surface area contributed by atoms with E-state index in [0.29, 0.717) is 0 Å². The second kappa shape index (κ2) is 16.1. The van der Waals surface area contributed by atoms with E-state index in [-0.39, 0.29) is 5.97 Å². The van der Waals surface area contributed by atoms with Gasteiger partial charge in [-0.05, 0) is 0 Å². The van der Waals surface area contributed by atoms with Crippen molar-refractivity contribution in [3.05, 3.63) is 26.0 Å². The first-order valence-corrected chi connectivity index (χ1v) is 2.70. The van der Waals surface area contributed by atoms with E-state index >= 15 is 0 Å². The van der Waals surface area contributed by atoms with Gasteiger partial charge in [0.1, 0.15) is 0 Å². The molecule has 0 bridgehead atoms. The van der Waals surface area contributed by atoms with E-state index in [1.165, 1.54) is 6.92 Å². The van der Waals surface area contributed by atoms with Crippen molar-refractivity contribution in [2.75, 3.05) is 0 Å². The molecule has 70 valence electrons. The Morgan fingerprint density at radius 3 is 1.58 bits per heavy atom. The van der Waals surface area contributed by atoms with E-state index in [9.17, 15) is 4.79 Å². The first kappa shape index (κ1) is 16.7. The average Bonchev–Trinajstić information content (AvgIpc) is 1.90. The minimum absolute atomic E-state index is 0.329. The summed E-state index contributed by atoms with van der Waals surface area (Å²) in [5, 5.41) is 13.9. The van der Waals surface area contributed by atoms with Gasteiger partial charge >= 0.3 is 12.1 Å². The molecule has 0 aromatic heterocycles. The number of hydrogen-bond donors (Lipinski definition) is 2. The van der Waals surface area contributed by atoms with Gasteiger partial charge in [0.25, 0.3) is 0 Å². The number of rotatable bonds is 1. The Hall–Kier alpha value is -1.78. The predicted molar refractivity (Wildman–Crippen MR) is 43.9 cm³/mol. The minimum atomic E-state index is -1.83. The van der Waals surface area contributed by atoms with Gasteiger partial charge in [0.15, 0.2) is 0 Å². The summed E-state index contributed by atoms with van der Waals surface area (Å²) in [4.78, 5) is 18.3. The Balaban J connectivity index is -0.000000118. The van der Waals surface area contributed by atoms with Crippen LogP contribution in [0.15, 0.2) is 26.0 Å². The average molecular weight is 176 g/mol. The van der Waals surface area contributed by atoms with Crippen molar-refractivity contribution in [2.24, 2.45) is 0 Å². The second-order valence-corrected chi connectivity index (χ2v) is 1.06. The van der Waals surface area contributed by atoms with E-state index in [1.54, 1.807) is 0 Å². The Labute approximate surface area is 70.6 Å². The molecule has 5 heteroatoms. The SMILES string of the molecule is C=C.C=COC(C)=O.O=C(O)O. The number of hydrogen-bond acceptors (Lipinski definition) is 3. The molecule has 0 aromatic rings. The molecule has 0 rings (SSSR count). The second-order valence-electron chi connectivity index (χ2n) is 1.06. The normalized spacial score (nSPS) is 5.75. The van der Waals surface area contributed by atoms with E-state index in [2.05, 4.69) is 24.5 Å². The summed E-state index contributed by atoms with van der Waals surface area (Å²) in [7, 11) is 0. The van der Waals surface area contributed by atoms with Gasteiger partial charge in [-0.2, -0.15) is 0 Å². The first-order valence-electron chi connectivity index (χ1n) is 2.70. The molecule has 0 aromatic carbocycles. The van der Waals surface area contributed by atoms with Gasteiger partial charge in [0.2, 0.25) is 0 Å². The highest BCUT2D eigenvalue weighted by Gasteiger charge is 1.79. The van der Waals surface area contributed by atoms with Crippen molar-refractivity contribution < 1.29 is 24.5 Å². The molecular weight excluding hydrogens is 164 g/mol. The molecule has 12 heavy (non-hydrogen) atoms. The van der Waals surface area contributed by atoms with Crippen LogP contribution in [0, 0.1) is 0 Å². The standard InChI is InChI=1S/C4H6O2.C2H4.CH2O3/c1-3-6-4(2)5;1-2;2-1(3)4/h3H,1H2,2H3;1-2H2;(H2,2,3,4). The Morgan fingerprint density at radius 2 is 1.58 bits per heavy atom. The van der Waals surface area contributed by atoms with E-state index in [0.717, 1.165) is 6.26 Å². The van der Waals surface area contributed by atoms with Gasteiger partial charge in [0, 0.05) is 6.92 Å². The summed E-state index contributed by atoms with van der Waals surface area (Å²) in [5.41, 5.74) is 0. The van der Waals surface area contributed by atoms with Crippen LogP contribution in [0.1, 0.15) is 6.92 Å². The topological polar surface area (TPSA) is 83.8 Å². The highest BCUT2D eigenvalue weighted by Crippen LogP contribution is 1.70. The lowest BCUT2D eigenvalue weighted by molar-refractivity contribution is -0.135. The summed E-state index contributed by atoms with van der Waals surface area (Å²) in [6.07, 6.45) is -0.734. The van der Waals surface area contributed by atoms with E-state index in [4.69, 9.17) is 15.0 Å². The van der Waals surface area contributed by atoms with Crippen LogP contribution in [0.5, 0.6) is 0 Å². The zero-order valence-electron chi connectivity index (χ0n) is 6.82. The molecule has 2 N–H and O–H groups in total. The van der Waals surface area contributed by atoms with Crippen LogP contribution in [0.3, 0.4) is 0 Å². The van der Waals surface area contributed by atoms with Crippen molar-refractivity contribution in [3.63, 3.8) is 0 Å². The number of carbonyl (C=O) groups is 2. The van der Waals surface area contributed by atoms with Crippen molar-refractivity contribution in [1.82, 2.24) is 0 Å². The molecule has 0 spiro atoms. The minimum Gasteiger partial charge on any atom is -0.450 e. The van der Waals surface area contributed by atoms with Gasteiger partial charge in [0.05, 0.1) is 6.26 Å². The number of esters is 1. The smallest absolute Gasteiger partial charge is 0.450 e. The highest BCUT2D eigenvalue weighted by atomic mass is 16.6. The highest BCUT2D eigenvalue weighted by molar-refractivity contribution is 5.66. The maximum absolute atomic E-state index is 9.75. The summed E-state index contributed by atoms with van der Waals surface area (Å²) in [6, 6.07) is 0. The van der Waals surface area contributed by atoms with Crippen molar-refractivity contribution in [3.8, 4) is 0 Å². The molecule has 0 aliphatic rings. The third-order valence-electron chi connectivity index (χ3n) is 0.249. The summed E-state index contributed by atoms with van der Waals surface area (Å²) in [6.45, 7) is 10.5. The zero-order valence-corrected chi connectivity index (χ0v) is 6.82. The number of carbonyl (C=O) groups excluding carboxylic acids is 1. The lowest BCUT2D eigenvalue weighted by atomic mass is 10.8. The molecule has 0 fully saturated rings. The largest absolute Gasteiger partial charge is 0.503 e. The third-order valence-corrected chi connectivity index (χ3v) is 0.249. The van der Waals surface area contributed by atoms with Gasteiger partial charge in [-0.25, -0.2) is 4.79 Å². The van der Waals surface area contributed by atoms with Gasteiger partial charge in [-0.1, -0.05) is 6.58 Å². The van der Waals surface area contributed by atoms with Crippen LogP contribution in [-0.2, 0) is 9.53 Å². The fourth-order valence-corrected chi connectivity index (χ4v) is 0.117. The van der Waals surface area contributed by atoms with Gasteiger partial charge in [-0.15, -0.1) is 13.2 Å². The van der Waals surface area contributed by atoms with Crippen molar-refractivity contribution in [2.45, 2.75) is 6.92 Å². The van der Waals surface area contributed by atoms with Crippen LogP contribution in [-0.4, -0.2) is 22.3 Å². The Morgan fingerprint density at radius 1 is 1.33 bits per heavy atom. The fraction of sp³-hybridized carbons (Fsp3) is 0.143. The molecular formula is C7H12O5. The molecule has 0 saturated heterocycles. The molecule has 0 aliphatic heterocycles. The maximum Gasteiger partial charge on any atom is 0.503 e. The summed E-state index contributed by atoms with van der Waals surface area (Å²) in [5.74, 6) is -0.329. The van der Waals surface area contributed by atoms with Crippen molar-refractivity contribution in [1.29, 1.82) is 0 Å². The van der Waals surface area contributed by atoms with Crippen LogP contribution in [0.4, 0.5) is 4.79 Å². The monoisotopic (exact) mass is 176 g/mol. The summed E-state index contributed by atoms with van der Waals surface area (Å²) < 4.78 is 4.17. The Bertz CT molecular complexity index is 137. The van der Waals surface area contributed by atoms with E-state index in [1.807, 2.05) is 0 Å². The molecule has 0 heterocycles. The molecule has 0 unspecified atom stereocenters. The predicted octanol–water partition coefficient (Wildman–Crippen LogP) is 1.72. The first-order chi connectivity index (χ1) is 5.50. The van der Waals surface area contributed by atoms with Crippen LogP contribution in [0.2, 0.25) is 0 Å². The van der Waals surface area contributed by atoms with Crippen LogP contribution >= 0.6 is 0 Å². The van der Waals surface area contributed by atoms with Crippen molar-refractivity contribution >= 4 is 12.1 Å². The van der Waals surface area contributed by atoms with Crippen LogP contribution < -0.4 is 0 Å². The van der Waals surface area contributed by atoms with Gasteiger partial charge in [-0.3, -0.25) is 4.79 Å². The maximum atomic E-state index is 9.75. The zero-order chi connectivity index (χ0) is 10.6. The molecule has 0 amide bonds. The molecule has 0 atom stereocenters. The Kier molecular flexibility index (Phi) is 22.4. The molecule has 0 saturated carbocycles. The van der Waals surface area contributed by atoms with E-state index < -0.39 is 6.16 Å². The molecule has 0 radical (unpaired) electrons. The summed E-state index contributed by atoms with van der Waals surface area (Å²) >= 11 is 0. The molecule has 5 nitrogen and oxygen atoms in total. The van der Waals surface area contributed by atoms with Crippen LogP contribution in [0.25, 0.3) is 0 Å². The number of carboxylic acid groups (broad SMARTS) is 2. The fourth-order valence-electron chi connectivity index (χ4n) is 0.117. The lowest BCUT2D eigenvalue weighted by Crippen LogP contribution is -1.87. The third kappa shape index (κ3) is 288. The van der Waals surface area contributed by atoms with Gasteiger partial charge < -0.3 is 14.9 Å². The number of ether oxygens (including phenoxy) is 1. The molecule has 0 aliphatic carbocycles. The lowest BCUT2D eigenvalue weighted by Gasteiger charge is -1.83. The quantitative estimate of drug-likeness (QED) is 0.361.